The highest BCUT2D eigenvalue weighted by Gasteiger charge is 2.36. The molecule has 0 spiro atoms. The zero-order valence-corrected chi connectivity index (χ0v) is 24.2. The summed E-state index contributed by atoms with van der Waals surface area (Å²) in [6, 6.07) is 18.0. The van der Waals surface area contributed by atoms with E-state index >= 15 is 0 Å². The summed E-state index contributed by atoms with van der Waals surface area (Å²) in [7, 11) is 0. The average Bonchev–Trinajstić information content (AvgIpc) is 3.72. The minimum absolute atomic E-state index is 0.139. The van der Waals surface area contributed by atoms with Gasteiger partial charge >= 0.3 is 12.2 Å². The Labute approximate surface area is 247 Å². The molecule has 2 N–H and O–H groups in total. The third kappa shape index (κ3) is 9.22. The van der Waals surface area contributed by atoms with E-state index in [0.29, 0.717) is 39.0 Å². The van der Waals surface area contributed by atoms with Gasteiger partial charge in [-0.15, -0.1) is 0 Å². The van der Waals surface area contributed by atoms with Gasteiger partial charge in [-0.1, -0.05) is 73.5 Å². The largest absolute Gasteiger partial charge is 0.445 e. The molecule has 42 heavy (non-hydrogen) atoms. The number of hydrogen-bond acceptors (Lipinski definition) is 6. The van der Waals surface area contributed by atoms with E-state index in [9.17, 15) is 19.2 Å². The van der Waals surface area contributed by atoms with Crippen LogP contribution in [0.3, 0.4) is 0 Å². The van der Waals surface area contributed by atoms with Crippen LogP contribution in [0.15, 0.2) is 60.7 Å². The maximum absolute atomic E-state index is 12.7. The molecular formula is C32H42N4O6. The van der Waals surface area contributed by atoms with Crippen LogP contribution in [0.4, 0.5) is 9.59 Å². The molecule has 2 aliphatic heterocycles. The van der Waals surface area contributed by atoms with Crippen molar-refractivity contribution in [3.05, 3.63) is 71.8 Å². The van der Waals surface area contributed by atoms with Crippen molar-refractivity contribution < 1.29 is 28.7 Å². The lowest BCUT2D eigenvalue weighted by atomic mass is 10.1. The summed E-state index contributed by atoms with van der Waals surface area (Å²) in [4.78, 5) is 53.6. The van der Waals surface area contributed by atoms with Gasteiger partial charge in [0.2, 0.25) is 11.8 Å². The number of amides is 4. The molecule has 2 heterocycles. The van der Waals surface area contributed by atoms with Crippen molar-refractivity contribution in [1.29, 1.82) is 0 Å². The number of benzene rings is 2. The van der Waals surface area contributed by atoms with Crippen LogP contribution in [-0.4, -0.2) is 72.1 Å². The smallest absolute Gasteiger partial charge is 0.410 e. The van der Waals surface area contributed by atoms with Gasteiger partial charge in [0.15, 0.2) is 0 Å². The van der Waals surface area contributed by atoms with E-state index in [1.165, 1.54) is 9.80 Å². The summed E-state index contributed by atoms with van der Waals surface area (Å²) in [5.41, 5.74) is 1.82. The fourth-order valence-electron chi connectivity index (χ4n) is 5.38. The van der Waals surface area contributed by atoms with Crippen molar-refractivity contribution in [2.75, 3.05) is 26.2 Å². The second kappa shape index (κ2) is 16.4. The lowest BCUT2D eigenvalue weighted by molar-refractivity contribution is -0.125. The molecule has 2 atom stereocenters. The highest BCUT2D eigenvalue weighted by atomic mass is 16.6. The van der Waals surface area contributed by atoms with Gasteiger partial charge in [0.25, 0.3) is 0 Å². The molecule has 0 aromatic heterocycles. The van der Waals surface area contributed by atoms with Crippen molar-refractivity contribution in [2.24, 2.45) is 0 Å². The second-order valence-electron chi connectivity index (χ2n) is 10.8. The molecular weight excluding hydrogens is 536 g/mol. The molecule has 4 rings (SSSR count). The minimum Gasteiger partial charge on any atom is -0.445 e. The van der Waals surface area contributed by atoms with Crippen LogP contribution < -0.4 is 10.6 Å². The van der Waals surface area contributed by atoms with Crippen LogP contribution in [0.2, 0.25) is 0 Å². The van der Waals surface area contributed by atoms with Gasteiger partial charge in [-0.2, -0.15) is 0 Å². The van der Waals surface area contributed by atoms with Gasteiger partial charge in [-0.05, 0) is 49.7 Å². The predicted molar refractivity (Wildman–Crippen MR) is 157 cm³/mol. The fraction of sp³-hybridized carbons (Fsp3) is 0.500. The summed E-state index contributed by atoms with van der Waals surface area (Å²) in [6.07, 6.45) is 5.35. The number of nitrogens with zero attached hydrogens (tertiary/aromatic N) is 2. The van der Waals surface area contributed by atoms with Gasteiger partial charge in [0.05, 0.1) is 0 Å². The summed E-state index contributed by atoms with van der Waals surface area (Å²) < 4.78 is 10.8. The summed E-state index contributed by atoms with van der Waals surface area (Å²) >= 11 is 0. The molecule has 0 unspecified atom stereocenters. The molecule has 2 aromatic carbocycles. The topological polar surface area (TPSA) is 117 Å². The monoisotopic (exact) mass is 578 g/mol. The van der Waals surface area contributed by atoms with Crippen LogP contribution in [0, 0.1) is 0 Å². The summed E-state index contributed by atoms with van der Waals surface area (Å²) in [5, 5.41) is 5.92. The maximum Gasteiger partial charge on any atom is 0.410 e. The average molecular weight is 579 g/mol. The van der Waals surface area contributed by atoms with E-state index in [1.54, 1.807) is 0 Å². The molecule has 226 valence electrons. The normalized spacial score (nSPS) is 18.0. The quantitative estimate of drug-likeness (QED) is 0.341. The first kappa shape index (κ1) is 30.9. The zero-order chi connectivity index (χ0) is 29.6. The van der Waals surface area contributed by atoms with Gasteiger partial charge in [0.1, 0.15) is 25.3 Å². The van der Waals surface area contributed by atoms with Gasteiger partial charge < -0.3 is 20.1 Å². The fourth-order valence-corrected chi connectivity index (χ4v) is 5.38. The van der Waals surface area contributed by atoms with Crippen LogP contribution in [0.5, 0.6) is 0 Å². The highest BCUT2D eigenvalue weighted by Crippen LogP contribution is 2.20. The van der Waals surface area contributed by atoms with E-state index in [-0.39, 0.29) is 25.0 Å². The lowest BCUT2D eigenvalue weighted by Crippen LogP contribution is -2.46. The summed E-state index contributed by atoms with van der Waals surface area (Å²) in [6.45, 7) is 2.49. The number of hydrogen-bond donors (Lipinski definition) is 2. The number of likely N-dealkylation sites (tertiary alicyclic amines) is 2. The maximum atomic E-state index is 12.7. The van der Waals surface area contributed by atoms with E-state index in [1.807, 2.05) is 60.7 Å². The van der Waals surface area contributed by atoms with Crippen molar-refractivity contribution in [3.8, 4) is 0 Å². The molecule has 2 fully saturated rings. The third-order valence-electron chi connectivity index (χ3n) is 7.69. The molecule has 2 aromatic rings. The number of ether oxygens (including phenoxy) is 2. The number of unbranched alkanes of at least 4 members (excludes halogenated alkanes) is 3. The van der Waals surface area contributed by atoms with Crippen molar-refractivity contribution in [1.82, 2.24) is 20.4 Å². The molecule has 10 nitrogen and oxygen atoms in total. The molecule has 2 aliphatic rings. The number of carbonyl (C=O) groups excluding carboxylic acids is 4. The molecule has 4 amide bonds. The van der Waals surface area contributed by atoms with E-state index in [2.05, 4.69) is 10.6 Å². The molecule has 2 saturated heterocycles. The third-order valence-corrected chi connectivity index (χ3v) is 7.69. The zero-order valence-electron chi connectivity index (χ0n) is 24.2. The van der Waals surface area contributed by atoms with E-state index < -0.39 is 24.3 Å². The Morgan fingerprint density at radius 1 is 0.619 bits per heavy atom. The van der Waals surface area contributed by atoms with Crippen LogP contribution in [0.1, 0.15) is 62.5 Å². The molecule has 10 heteroatoms. The molecule has 0 radical (unpaired) electrons. The van der Waals surface area contributed by atoms with Crippen LogP contribution in [-0.2, 0) is 32.3 Å². The van der Waals surface area contributed by atoms with Crippen molar-refractivity contribution in [3.63, 3.8) is 0 Å². The SMILES string of the molecule is O=C(NCCCCCCNC(=O)[C@@H]1CCCN1C(=O)OCc1ccccc1)[C@H]1CCCN1C(=O)OCc1ccccc1. The Balaban J connectivity index is 1.05. The van der Waals surface area contributed by atoms with Gasteiger partial charge in [-0.3, -0.25) is 19.4 Å². The highest BCUT2D eigenvalue weighted by molar-refractivity contribution is 5.86. The Kier molecular flexibility index (Phi) is 12.0. The number of carbonyl (C=O) groups is 4. The first-order valence-electron chi connectivity index (χ1n) is 15.0. The standard InChI is InChI=1S/C32H42N4O6/c37-29(27-17-11-21-35(27)31(39)41-23-25-13-5-3-6-14-25)33-19-9-1-2-10-20-34-30(38)28-18-12-22-36(28)32(40)42-24-26-15-7-4-8-16-26/h3-8,13-16,27-28H,1-2,9-12,17-24H2,(H,33,37)(H,34,38)/t27-,28+. The number of nitrogens with one attached hydrogen (secondary N) is 2. The van der Waals surface area contributed by atoms with Crippen LogP contribution in [0.25, 0.3) is 0 Å². The van der Waals surface area contributed by atoms with Crippen molar-refractivity contribution in [2.45, 2.75) is 76.7 Å². The van der Waals surface area contributed by atoms with E-state index in [4.69, 9.17) is 9.47 Å². The van der Waals surface area contributed by atoms with Gasteiger partial charge in [0, 0.05) is 26.2 Å². The Morgan fingerprint density at radius 3 is 1.43 bits per heavy atom. The predicted octanol–water partition coefficient (Wildman–Crippen LogP) is 4.38. The Hall–Kier alpha value is -4.08. The molecule has 0 saturated carbocycles. The van der Waals surface area contributed by atoms with Crippen LogP contribution >= 0.6 is 0 Å². The Morgan fingerprint density at radius 2 is 1.02 bits per heavy atom. The molecule has 0 aliphatic carbocycles. The lowest BCUT2D eigenvalue weighted by Gasteiger charge is -2.23. The molecule has 0 bridgehead atoms. The number of rotatable bonds is 13. The minimum atomic E-state index is -0.491. The van der Waals surface area contributed by atoms with E-state index in [0.717, 1.165) is 49.7 Å². The first-order valence-corrected chi connectivity index (χ1v) is 15.0. The van der Waals surface area contributed by atoms with Gasteiger partial charge in [-0.25, -0.2) is 9.59 Å². The second-order valence-corrected chi connectivity index (χ2v) is 10.8. The first-order chi connectivity index (χ1) is 20.5. The Bertz CT molecular complexity index is 1070. The van der Waals surface area contributed by atoms with Crippen molar-refractivity contribution >= 4 is 24.0 Å². The summed E-state index contributed by atoms with van der Waals surface area (Å²) in [5.74, 6) is -0.278.